The van der Waals surface area contributed by atoms with E-state index < -0.39 is 6.10 Å². The highest BCUT2D eigenvalue weighted by Crippen LogP contribution is 2.30. The number of hydrogen-bond donors (Lipinski definition) is 1. The minimum absolute atomic E-state index is 0.473. The molecule has 0 fully saturated rings. The van der Waals surface area contributed by atoms with E-state index in [0.717, 1.165) is 55.4 Å². The van der Waals surface area contributed by atoms with Gasteiger partial charge in [-0.25, -0.2) is 0 Å². The molecule has 0 radical (unpaired) electrons. The van der Waals surface area contributed by atoms with E-state index in [1.54, 1.807) is 7.11 Å². The standard InChI is InChI=1S/C21H27N3O3/c1-3-20(25)19-11-17-13-23(7-4-8-24(17)22-19)12-15-9-16-10-18(26-2)5-6-21(16)27-14-15/h5-6,9-11,20,25H,3-4,7-8,12-14H2,1-2H3/t20-/m1/s1. The molecule has 4 rings (SSSR count). The van der Waals surface area contributed by atoms with Gasteiger partial charge in [0.25, 0.3) is 0 Å². The third-order valence-electron chi connectivity index (χ3n) is 5.26. The lowest BCUT2D eigenvalue weighted by Gasteiger charge is -2.24. The van der Waals surface area contributed by atoms with Crippen LogP contribution in [0.15, 0.2) is 29.8 Å². The summed E-state index contributed by atoms with van der Waals surface area (Å²) in [4.78, 5) is 2.43. The molecule has 1 atom stereocenters. The van der Waals surface area contributed by atoms with Gasteiger partial charge < -0.3 is 14.6 Å². The molecule has 6 heteroatoms. The van der Waals surface area contributed by atoms with Crippen LogP contribution in [-0.2, 0) is 13.1 Å². The normalized spacial score (nSPS) is 18.0. The molecular formula is C21H27N3O3. The maximum atomic E-state index is 10.1. The van der Waals surface area contributed by atoms with E-state index in [4.69, 9.17) is 9.47 Å². The quantitative estimate of drug-likeness (QED) is 0.878. The molecule has 27 heavy (non-hydrogen) atoms. The molecule has 0 unspecified atom stereocenters. The third kappa shape index (κ3) is 3.87. The third-order valence-corrected chi connectivity index (χ3v) is 5.26. The van der Waals surface area contributed by atoms with E-state index in [9.17, 15) is 5.11 Å². The van der Waals surface area contributed by atoms with Crippen LogP contribution in [-0.4, -0.2) is 46.6 Å². The monoisotopic (exact) mass is 369 g/mol. The van der Waals surface area contributed by atoms with Crippen LogP contribution >= 0.6 is 0 Å². The van der Waals surface area contributed by atoms with Gasteiger partial charge in [0.1, 0.15) is 18.1 Å². The van der Waals surface area contributed by atoms with E-state index in [2.05, 4.69) is 26.8 Å². The molecule has 1 aromatic carbocycles. The molecule has 0 saturated carbocycles. The van der Waals surface area contributed by atoms with Gasteiger partial charge in [0.2, 0.25) is 0 Å². The Hall–Kier alpha value is -2.31. The van der Waals surface area contributed by atoms with Crippen LogP contribution in [0.25, 0.3) is 6.08 Å². The number of fused-ring (bicyclic) bond motifs is 2. The summed E-state index contributed by atoms with van der Waals surface area (Å²) in [6.07, 6.45) is 3.48. The zero-order chi connectivity index (χ0) is 18.8. The number of hydrogen-bond acceptors (Lipinski definition) is 5. The number of benzene rings is 1. The number of aromatic nitrogens is 2. The summed E-state index contributed by atoms with van der Waals surface area (Å²) in [6.45, 7) is 6.23. The summed E-state index contributed by atoms with van der Waals surface area (Å²) < 4.78 is 13.3. The lowest BCUT2D eigenvalue weighted by atomic mass is 10.1. The van der Waals surface area contributed by atoms with Crippen LogP contribution in [0.4, 0.5) is 0 Å². The maximum Gasteiger partial charge on any atom is 0.127 e. The van der Waals surface area contributed by atoms with E-state index in [-0.39, 0.29) is 0 Å². The summed E-state index contributed by atoms with van der Waals surface area (Å²) in [6, 6.07) is 7.96. The molecule has 3 heterocycles. The van der Waals surface area contributed by atoms with Crippen molar-refractivity contribution in [2.24, 2.45) is 0 Å². The smallest absolute Gasteiger partial charge is 0.127 e. The maximum absolute atomic E-state index is 10.1. The molecule has 2 aliphatic heterocycles. The minimum atomic E-state index is -0.473. The molecule has 0 amide bonds. The van der Waals surface area contributed by atoms with Gasteiger partial charge in [-0.2, -0.15) is 5.10 Å². The van der Waals surface area contributed by atoms with Crippen LogP contribution in [0.5, 0.6) is 11.5 Å². The Bertz CT molecular complexity index is 843. The number of aliphatic hydroxyl groups is 1. The molecular weight excluding hydrogens is 342 g/mol. The molecule has 144 valence electrons. The summed E-state index contributed by atoms with van der Waals surface area (Å²) >= 11 is 0. The van der Waals surface area contributed by atoms with Gasteiger partial charge in [0, 0.05) is 31.7 Å². The van der Waals surface area contributed by atoms with Gasteiger partial charge in [-0.1, -0.05) is 6.92 Å². The van der Waals surface area contributed by atoms with Crippen LogP contribution < -0.4 is 9.47 Å². The molecule has 0 aliphatic carbocycles. The first-order valence-corrected chi connectivity index (χ1v) is 9.63. The highest BCUT2D eigenvalue weighted by atomic mass is 16.5. The molecule has 0 saturated heterocycles. The number of methoxy groups -OCH3 is 1. The fourth-order valence-electron chi connectivity index (χ4n) is 3.77. The number of ether oxygens (including phenoxy) is 2. The summed E-state index contributed by atoms with van der Waals surface area (Å²) in [5, 5.41) is 14.7. The van der Waals surface area contributed by atoms with Crippen molar-refractivity contribution in [2.45, 2.75) is 39.0 Å². The molecule has 1 N–H and O–H groups in total. The van der Waals surface area contributed by atoms with Crippen molar-refractivity contribution in [3.8, 4) is 11.5 Å². The zero-order valence-corrected chi connectivity index (χ0v) is 16.0. The summed E-state index contributed by atoms with van der Waals surface area (Å²) in [7, 11) is 1.68. The van der Waals surface area contributed by atoms with Crippen LogP contribution in [0.3, 0.4) is 0 Å². The fourth-order valence-corrected chi connectivity index (χ4v) is 3.77. The number of rotatable bonds is 5. The highest BCUT2D eigenvalue weighted by molar-refractivity contribution is 5.64. The molecule has 6 nitrogen and oxygen atoms in total. The highest BCUT2D eigenvalue weighted by Gasteiger charge is 2.21. The second-order valence-electron chi connectivity index (χ2n) is 7.27. The Kier molecular flexibility index (Phi) is 5.18. The van der Waals surface area contributed by atoms with Crippen molar-refractivity contribution >= 4 is 6.08 Å². The van der Waals surface area contributed by atoms with Gasteiger partial charge in [-0.05, 0) is 48.8 Å². The Morgan fingerprint density at radius 2 is 2.19 bits per heavy atom. The largest absolute Gasteiger partial charge is 0.497 e. The number of aryl methyl sites for hydroxylation is 1. The molecule has 0 spiro atoms. The van der Waals surface area contributed by atoms with Crippen molar-refractivity contribution in [1.82, 2.24) is 14.7 Å². The Balaban J connectivity index is 1.49. The molecule has 1 aromatic heterocycles. The minimum Gasteiger partial charge on any atom is -0.497 e. The van der Waals surface area contributed by atoms with Crippen molar-refractivity contribution in [2.75, 3.05) is 26.8 Å². The van der Waals surface area contributed by atoms with Crippen LogP contribution in [0.2, 0.25) is 0 Å². The van der Waals surface area contributed by atoms with Crippen molar-refractivity contribution in [3.63, 3.8) is 0 Å². The van der Waals surface area contributed by atoms with Crippen molar-refractivity contribution in [1.29, 1.82) is 0 Å². The lowest BCUT2D eigenvalue weighted by Crippen LogP contribution is -2.28. The second-order valence-corrected chi connectivity index (χ2v) is 7.27. The first-order valence-electron chi connectivity index (χ1n) is 9.63. The molecule has 0 bridgehead atoms. The first kappa shape index (κ1) is 18.1. The predicted molar refractivity (Wildman–Crippen MR) is 104 cm³/mol. The lowest BCUT2D eigenvalue weighted by molar-refractivity contribution is 0.167. The Labute approximate surface area is 160 Å². The predicted octanol–water partition coefficient (Wildman–Crippen LogP) is 3.02. The number of aliphatic hydroxyl groups excluding tert-OH is 1. The summed E-state index contributed by atoms with van der Waals surface area (Å²) in [5.74, 6) is 1.75. The Morgan fingerprint density at radius 3 is 3.00 bits per heavy atom. The van der Waals surface area contributed by atoms with E-state index in [1.807, 2.05) is 25.1 Å². The first-order chi connectivity index (χ1) is 13.2. The number of nitrogens with zero attached hydrogens (tertiary/aromatic N) is 3. The Morgan fingerprint density at radius 1 is 1.30 bits per heavy atom. The van der Waals surface area contributed by atoms with Gasteiger partial charge in [-0.15, -0.1) is 0 Å². The molecule has 2 aromatic rings. The van der Waals surface area contributed by atoms with Crippen molar-refractivity contribution in [3.05, 3.63) is 46.8 Å². The van der Waals surface area contributed by atoms with Gasteiger partial charge in [0.15, 0.2) is 0 Å². The average Bonchev–Trinajstić information content (AvgIpc) is 3.00. The zero-order valence-electron chi connectivity index (χ0n) is 16.0. The van der Waals surface area contributed by atoms with Crippen molar-refractivity contribution < 1.29 is 14.6 Å². The van der Waals surface area contributed by atoms with E-state index >= 15 is 0 Å². The summed E-state index contributed by atoms with van der Waals surface area (Å²) in [5.41, 5.74) is 4.30. The second kappa shape index (κ2) is 7.74. The van der Waals surface area contributed by atoms with Crippen LogP contribution in [0.1, 0.15) is 42.8 Å². The van der Waals surface area contributed by atoms with Gasteiger partial charge >= 0.3 is 0 Å². The van der Waals surface area contributed by atoms with Gasteiger partial charge in [-0.3, -0.25) is 9.58 Å². The average molecular weight is 369 g/mol. The van der Waals surface area contributed by atoms with E-state index in [1.165, 1.54) is 11.3 Å². The van der Waals surface area contributed by atoms with Crippen LogP contribution in [0, 0.1) is 0 Å². The van der Waals surface area contributed by atoms with E-state index in [0.29, 0.717) is 13.0 Å². The van der Waals surface area contributed by atoms with Gasteiger partial charge in [0.05, 0.1) is 24.6 Å². The SMILES string of the molecule is CC[C@@H](O)c1cc2n(n1)CCCN(CC1=Cc3cc(OC)ccc3OC1)C2. The fraction of sp³-hybridized carbons (Fsp3) is 0.476. The topological polar surface area (TPSA) is 59.8 Å². The molecule has 2 aliphatic rings.